The van der Waals surface area contributed by atoms with E-state index in [-0.39, 0.29) is 11.3 Å². The molecule has 48 heavy (non-hydrogen) atoms. The molecule has 0 saturated heterocycles. The summed E-state index contributed by atoms with van der Waals surface area (Å²) < 4.78 is 50.1. The lowest BCUT2D eigenvalue weighted by Gasteiger charge is -2.14. The number of carbonyl (C=O) groups excluding carboxylic acids is 1. The summed E-state index contributed by atoms with van der Waals surface area (Å²) in [5, 5.41) is 6.88. The molecule has 0 aliphatic rings. The molecule has 0 spiro atoms. The fourth-order valence-electron chi connectivity index (χ4n) is 5.34. The van der Waals surface area contributed by atoms with Crippen LogP contribution in [-0.2, 0) is 12.7 Å². The number of hydrogen-bond donors (Lipinski definition) is 2. The van der Waals surface area contributed by atoms with Crippen molar-refractivity contribution in [2.24, 2.45) is 0 Å². The molecule has 0 unspecified atom stereocenters. The van der Waals surface area contributed by atoms with Crippen LogP contribution < -0.4 is 10.6 Å². The zero-order valence-corrected chi connectivity index (χ0v) is 25.7. The van der Waals surface area contributed by atoms with Gasteiger partial charge < -0.3 is 24.2 Å². The van der Waals surface area contributed by atoms with Gasteiger partial charge in [-0.2, -0.15) is 13.2 Å². The van der Waals surface area contributed by atoms with Crippen molar-refractivity contribution in [2.75, 3.05) is 10.6 Å². The highest BCUT2D eigenvalue weighted by Gasteiger charge is 2.32. The van der Waals surface area contributed by atoms with Gasteiger partial charge in [-0.25, -0.2) is 15.0 Å². The van der Waals surface area contributed by atoms with Crippen molar-refractivity contribution in [3.8, 4) is 22.8 Å². The van der Waals surface area contributed by atoms with E-state index in [9.17, 15) is 18.0 Å². The zero-order valence-electron chi connectivity index (χ0n) is 25.7. The average Bonchev–Trinajstić information content (AvgIpc) is 3.85. The Morgan fingerprint density at radius 1 is 0.958 bits per heavy atom. The van der Waals surface area contributed by atoms with E-state index in [0.29, 0.717) is 35.3 Å². The van der Waals surface area contributed by atoms with E-state index in [4.69, 9.17) is 4.42 Å². The number of nitrogens with one attached hydrogen (secondary N) is 2. The second-order valence-electron chi connectivity index (χ2n) is 11.2. The first kappa shape index (κ1) is 30.4. The van der Waals surface area contributed by atoms with Gasteiger partial charge in [0.2, 0.25) is 0 Å². The number of imidazole rings is 1. The van der Waals surface area contributed by atoms with Crippen LogP contribution in [0.5, 0.6) is 0 Å². The van der Waals surface area contributed by atoms with Crippen molar-refractivity contribution in [3.63, 3.8) is 0 Å². The first-order valence-electron chi connectivity index (χ1n) is 14.8. The number of amides is 1. The van der Waals surface area contributed by atoms with Crippen LogP contribution in [0.4, 0.5) is 24.7 Å². The van der Waals surface area contributed by atoms with Crippen molar-refractivity contribution in [1.82, 2.24) is 29.1 Å². The number of pyridine rings is 1. The van der Waals surface area contributed by atoms with E-state index in [1.807, 2.05) is 54.1 Å². The molecule has 5 heterocycles. The highest BCUT2D eigenvalue weighted by Crippen LogP contribution is 2.33. The molecule has 0 radical (unpaired) electrons. The minimum absolute atomic E-state index is 0.145. The Hall–Kier alpha value is -6.24. The molecule has 0 bridgehead atoms. The third-order valence-corrected chi connectivity index (χ3v) is 7.79. The van der Waals surface area contributed by atoms with Crippen molar-refractivity contribution in [2.45, 2.75) is 26.6 Å². The number of aryl methyl sites for hydroxylation is 2. The Morgan fingerprint density at radius 3 is 2.60 bits per heavy atom. The SMILES string of the molecule is Cc1cn(-c2cc(C(=O)Nc3ccc(C)c(-c4cc5c(ccn5-c5cc(NCc6ccco6)ncn5)cn4)c3)cc(C(F)(F)F)c2)cn1. The van der Waals surface area contributed by atoms with Crippen LogP contribution in [0.25, 0.3) is 33.7 Å². The molecule has 5 aromatic heterocycles. The van der Waals surface area contributed by atoms with Crippen LogP contribution in [-0.4, -0.2) is 35.0 Å². The van der Waals surface area contributed by atoms with Gasteiger partial charge in [-0.1, -0.05) is 6.07 Å². The van der Waals surface area contributed by atoms with E-state index in [2.05, 4.69) is 30.6 Å². The third kappa shape index (κ3) is 6.25. The largest absolute Gasteiger partial charge is 0.467 e. The number of fused-ring (bicyclic) bond motifs is 1. The fourth-order valence-corrected chi connectivity index (χ4v) is 5.34. The van der Waals surface area contributed by atoms with Crippen LogP contribution in [0, 0.1) is 13.8 Å². The van der Waals surface area contributed by atoms with E-state index in [1.165, 1.54) is 23.3 Å². The molecule has 7 rings (SSSR count). The van der Waals surface area contributed by atoms with Gasteiger partial charge >= 0.3 is 6.18 Å². The van der Waals surface area contributed by atoms with Gasteiger partial charge in [0.15, 0.2) is 0 Å². The Labute approximate surface area is 271 Å². The fraction of sp³-hybridized carbons (Fsp3) is 0.114. The zero-order chi connectivity index (χ0) is 33.4. The number of hydrogen-bond acceptors (Lipinski definition) is 7. The predicted octanol–water partition coefficient (Wildman–Crippen LogP) is 7.76. The Balaban J connectivity index is 1.17. The topological polar surface area (TPSA) is 116 Å². The standard InChI is InChI=1S/C35H27F3N8O2/c1-21-5-6-26(44-34(47)24-10-25(35(36,37)38)12-27(11-24)45-18-22(2)43-20-45)13-29(21)30-14-31-23(16-39-30)7-8-46(31)33-15-32(41-19-42-33)40-17-28-4-3-9-48-28/h3-16,18-20H,17H2,1-2H3,(H,44,47)(H,40,41,42). The monoisotopic (exact) mass is 648 g/mol. The number of furan rings is 1. The summed E-state index contributed by atoms with van der Waals surface area (Å²) in [5.74, 6) is 1.35. The highest BCUT2D eigenvalue weighted by atomic mass is 19.4. The summed E-state index contributed by atoms with van der Waals surface area (Å²) >= 11 is 0. The molecule has 0 aliphatic heterocycles. The molecule has 0 atom stereocenters. The predicted molar refractivity (Wildman–Crippen MR) is 174 cm³/mol. The summed E-state index contributed by atoms with van der Waals surface area (Å²) in [7, 11) is 0. The summed E-state index contributed by atoms with van der Waals surface area (Å²) in [6, 6.07) is 17.9. The Morgan fingerprint density at radius 2 is 1.83 bits per heavy atom. The van der Waals surface area contributed by atoms with Crippen LogP contribution in [0.2, 0.25) is 0 Å². The molecule has 2 aromatic carbocycles. The summed E-state index contributed by atoms with van der Waals surface area (Å²) in [6.45, 7) is 4.11. The van der Waals surface area contributed by atoms with E-state index in [0.717, 1.165) is 39.9 Å². The normalized spacial score (nSPS) is 11.6. The molecule has 2 N–H and O–H groups in total. The molecular formula is C35H27F3N8O2. The number of benzene rings is 2. The van der Waals surface area contributed by atoms with E-state index < -0.39 is 17.6 Å². The van der Waals surface area contributed by atoms with Crippen molar-refractivity contribution >= 4 is 28.3 Å². The van der Waals surface area contributed by atoms with Gasteiger partial charge in [-0.3, -0.25) is 9.78 Å². The van der Waals surface area contributed by atoms with Gasteiger partial charge in [-0.05, 0) is 74.0 Å². The van der Waals surface area contributed by atoms with Crippen molar-refractivity contribution in [3.05, 3.63) is 132 Å². The van der Waals surface area contributed by atoms with Crippen molar-refractivity contribution in [1.29, 1.82) is 0 Å². The molecule has 10 nitrogen and oxygen atoms in total. The summed E-state index contributed by atoms with van der Waals surface area (Å²) in [5.41, 5.74) is 3.23. The molecule has 1 amide bonds. The minimum Gasteiger partial charge on any atom is -0.467 e. The molecule has 7 aromatic rings. The van der Waals surface area contributed by atoms with E-state index in [1.54, 1.807) is 37.7 Å². The van der Waals surface area contributed by atoms with Crippen molar-refractivity contribution < 1.29 is 22.4 Å². The van der Waals surface area contributed by atoms with Crippen LogP contribution in [0.1, 0.15) is 32.9 Å². The van der Waals surface area contributed by atoms with Gasteiger partial charge in [-0.15, -0.1) is 0 Å². The number of alkyl halides is 3. The van der Waals surface area contributed by atoms with Crippen LogP contribution >= 0.6 is 0 Å². The summed E-state index contributed by atoms with van der Waals surface area (Å²) in [6.07, 6.45) is 5.09. The maximum Gasteiger partial charge on any atom is 0.416 e. The average molecular weight is 649 g/mol. The lowest BCUT2D eigenvalue weighted by molar-refractivity contribution is -0.137. The summed E-state index contributed by atoms with van der Waals surface area (Å²) in [4.78, 5) is 30.9. The van der Waals surface area contributed by atoms with Gasteiger partial charge in [0.05, 0.1) is 41.6 Å². The van der Waals surface area contributed by atoms with Crippen LogP contribution in [0.3, 0.4) is 0 Å². The molecule has 0 aliphatic carbocycles. The lowest BCUT2D eigenvalue weighted by Crippen LogP contribution is -2.15. The number of nitrogens with zero attached hydrogens (tertiary/aromatic N) is 6. The van der Waals surface area contributed by atoms with Gasteiger partial charge in [0.1, 0.15) is 23.7 Å². The minimum atomic E-state index is -4.65. The molecule has 0 fully saturated rings. The number of aromatic nitrogens is 6. The number of halogens is 3. The number of carbonyl (C=O) groups is 1. The smallest absolute Gasteiger partial charge is 0.416 e. The second kappa shape index (κ2) is 12.2. The third-order valence-electron chi connectivity index (χ3n) is 7.79. The Kier molecular flexibility index (Phi) is 7.71. The lowest BCUT2D eigenvalue weighted by atomic mass is 10.0. The first-order valence-corrected chi connectivity index (χ1v) is 14.8. The molecule has 13 heteroatoms. The molecule has 240 valence electrons. The molecular weight excluding hydrogens is 621 g/mol. The van der Waals surface area contributed by atoms with Gasteiger partial charge in [0, 0.05) is 52.5 Å². The number of anilines is 2. The first-order chi connectivity index (χ1) is 23.1. The quantitative estimate of drug-likeness (QED) is 0.173. The second-order valence-corrected chi connectivity index (χ2v) is 11.2. The highest BCUT2D eigenvalue weighted by molar-refractivity contribution is 6.05. The van der Waals surface area contributed by atoms with Gasteiger partial charge in [0.25, 0.3) is 5.91 Å². The van der Waals surface area contributed by atoms with Crippen LogP contribution in [0.15, 0.2) is 109 Å². The number of rotatable bonds is 8. The maximum absolute atomic E-state index is 13.8. The Bertz CT molecular complexity index is 2270. The van der Waals surface area contributed by atoms with E-state index >= 15 is 0 Å². The maximum atomic E-state index is 13.8. The molecule has 0 saturated carbocycles.